The standard InChI is InChI=1S/C16H26N2/c1-14(2)8-9-17-10-12-18(13-11-17)16-7-5-4-6-15(16)3/h4-7,14H,8-13H2,1-3H3. The van der Waals surface area contributed by atoms with Crippen LogP contribution in [0.2, 0.25) is 0 Å². The maximum Gasteiger partial charge on any atom is 0.0396 e. The van der Waals surface area contributed by atoms with Gasteiger partial charge in [-0.25, -0.2) is 0 Å². The van der Waals surface area contributed by atoms with Crippen LogP contribution in [0.1, 0.15) is 25.8 Å². The molecule has 0 N–H and O–H groups in total. The summed E-state index contributed by atoms with van der Waals surface area (Å²) in [5.41, 5.74) is 2.81. The highest BCUT2D eigenvalue weighted by Gasteiger charge is 2.17. The molecule has 0 spiro atoms. The molecule has 0 amide bonds. The van der Waals surface area contributed by atoms with Gasteiger partial charge in [-0.2, -0.15) is 0 Å². The van der Waals surface area contributed by atoms with Crippen LogP contribution in [-0.2, 0) is 0 Å². The van der Waals surface area contributed by atoms with Crippen LogP contribution in [0.5, 0.6) is 0 Å². The van der Waals surface area contributed by atoms with Gasteiger partial charge in [0.25, 0.3) is 0 Å². The summed E-state index contributed by atoms with van der Waals surface area (Å²) < 4.78 is 0. The summed E-state index contributed by atoms with van der Waals surface area (Å²) in [6.07, 6.45) is 1.32. The Bertz CT molecular complexity index is 365. The maximum absolute atomic E-state index is 2.61. The molecule has 0 atom stereocenters. The van der Waals surface area contributed by atoms with Gasteiger partial charge in [0.1, 0.15) is 0 Å². The number of hydrogen-bond donors (Lipinski definition) is 0. The Hall–Kier alpha value is -1.02. The van der Waals surface area contributed by atoms with Crippen LogP contribution in [0.4, 0.5) is 5.69 Å². The van der Waals surface area contributed by atoms with E-state index in [1.807, 2.05) is 0 Å². The zero-order chi connectivity index (χ0) is 13.0. The molecule has 1 aromatic rings. The first-order chi connectivity index (χ1) is 8.66. The van der Waals surface area contributed by atoms with Crippen molar-refractivity contribution in [3.05, 3.63) is 29.8 Å². The number of benzene rings is 1. The van der Waals surface area contributed by atoms with E-state index in [1.165, 1.54) is 50.4 Å². The number of para-hydroxylation sites is 1. The summed E-state index contributed by atoms with van der Waals surface area (Å²) >= 11 is 0. The predicted molar refractivity (Wildman–Crippen MR) is 79.3 cm³/mol. The van der Waals surface area contributed by atoms with Gasteiger partial charge in [0.15, 0.2) is 0 Å². The number of nitrogens with zero attached hydrogens (tertiary/aromatic N) is 2. The fourth-order valence-corrected chi connectivity index (χ4v) is 2.57. The number of anilines is 1. The van der Waals surface area contributed by atoms with Crippen molar-refractivity contribution in [2.75, 3.05) is 37.6 Å². The molecule has 1 aliphatic heterocycles. The van der Waals surface area contributed by atoms with Crippen molar-refractivity contribution in [1.82, 2.24) is 4.90 Å². The van der Waals surface area contributed by atoms with Crippen LogP contribution >= 0.6 is 0 Å². The Balaban J connectivity index is 1.85. The van der Waals surface area contributed by atoms with Crippen LogP contribution in [0.15, 0.2) is 24.3 Å². The van der Waals surface area contributed by atoms with Gasteiger partial charge < -0.3 is 4.90 Å². The van der Waals surface area contributed by atoms with Gasteiger partial charge in [0.2, 0.25) is 0 Å². The summed E-state index contributed by atoms with van der Waals surface area (Å²) in [7, 11) is 0. The van der Waals surface area contributed by atoms with E-state index in [0.717, 1.165) is 5.92 Å². The smallest absolute Gasteiger partial charge is 0.0396 e. The highest BCUT2D eigenvalue weighted by molar-refractivity contribution is 5.53. The molecule has 0 radical (unpaired) electrons. The lowest BCUT2D eigenvalue weighted by molar-refractivity contribution is 0.243. The fraction of sp³-hybridized carbons (Fsp3) is 0.625. The van der Waals surface area contributed by atoms with Crippen LogP contribution in [0, 0.1) is 12.8 Å². The van der Waals surface area contributed by atoms with Crippen molar-refractivity contribution >= 4 is 5.69 Å². The summed E-state index contributed by atoms with van der Waals surface area (Å²) in [6, 6.07) is 8.73. The van der Waals surface area contributed by atoms with Crippen molar-refractivity contribution in [2.24, 2.45) is 5.92 Å². The average Bonchev–Trinajstić information content (AvgIpc) is 2.38. The molecule has 100 valence electrons. The molecule has 1 heterocycles. The normalized spacial score (nSPS) is 17.4. The third-order valence-corrected chi connectivity index (χ3v) is 3.85. The molecule has 1 fully saturated rings. The van der Waals surface area contributed by atoms with E-state index in [-0.39, 0.29) is 0 Å². The van der Waals surface area contributed by atoms with Gasteiger partial charge in [-0.05, 0) is 37.4 Å². The minimum Gasteiger partial charge on any atom is -0.369 e. The van der Waals surface area contributed by atoms with E-state index in [9.17, 15) is 0 Å². The number of rotatable bonds is 4. The van der Waals surface area contributed by atoms with Crippen LogP contribution in [-0.4, -0.2) is 37.6 Å². The van der Waals surface area contributed by atoms with Crippen LogP contribution in [0.25, 0.3) is 0 Å². The van der Waals surface area contributed by atoms with E-state index < -0.39 is 0 Å². The van der Waals surface area contributed by atoms with Crippen LogP contribution < -0.4 is 4.90 Å². The molecule has 0 aromatic heterocycles. The van der Waals surface area contributed by atoms with E-state index in [2.05, 4.69) is 54.8 Å². The Labute approximate surface area is 112 Å². The molecule has 0 aliphatic carbocycles. The third kappa shape index (κ3) is 3.49. The third-order valence-electron chi connectivity index (χ3n) is 3.85. The van der Waals surface area contributed by atoms with Crippen molar-refractivity contribution in [2.45, 2.75) is 27.2 Å². The first-order valence-corrected chi connectivity index (χ1v) is 7.20. The second-order valence-electron chi connectivity index (χ2n) is 5.80. The van der Waals surface area contributed by atoms with Crippen molar-refractivity contribution in [3.63, 3.8) is 0 Å². The molecule has 0 bridgehead atoms. The second-order valence-corrected chi connectivity index (χ2v) is 5.80. The van der Waals surface area contributed by atoms with E-state index >= 15 is 0 Å². The van der Waals surface area contributed by atoms with Gasteiger partial charge >= 0.3 is 0 Å². The number of hydrogen-bond acceptors (Lipinski definition) is 2. The largest absolute Gasteiger partial charge is 0.369 e. The van der Waals surface area contributed by atoms with Crippen LogP contribution in [0.3, 0.4) is 0 Å². The van der Waals surface area contributed by atoms with E-state index in [0.29, 0.717) is 0 Å². The summed E-state index contributed by atoms with van der Waals surface area (Å²) in [5, 5.41) is 0. The molecule has 2 rings (SSSR count). The zero-order valence-corrected chi connectivity index (χ0v) is 12.0. The topological polar surface area (TPSA) is 6.48 Å². The second kappa shape index (κ2) is 6.24. The molecule has 18 heavy (non-hydrogen) atoms. The lowest BCUT2D eigenvalue weighted by Crippen LogP contribution is -2.47. The highest BCUT2D eigenvalue weighted by Crippen LogP contribution is 2.20. The Morgan fingerprint density at radius 3 is 2.33 bits per heavy atom. The molecule has 1 saturated heterocycles. The number of aryl methyl sites for hydroxylation is 1. The average molecular weight is 246 g/mol. The first-order valence-electron chi connectivity index (χ1n) is 7.20. The minimum atomic E-state index is 0.819. The Morgan fingerprint density at radius 1 is 1.06 bits per heavy atom. The van der Waals surface area contributed by atoms with E-state index in [1.54, 1.807) is 0 Å². The Kier molecular flexibility index (Phi) is 4.65. The van der Waals surface area contributed by atoms with Crippen molar-refractivity contribution in [1.29, 1.82) is 0 Å². The maximum atomic E-state index is 2.61. The molecule has 1 aliphatic rings. The Morgan fingerprint density at radius 2 is 1.72 bits per heavy atom. The molecule has 1 aromatic carbocycles. The van der Waals surface area contributed by atoms with Gasteiger partial charge in [-0.15, -0.1) is 0 Å². The van der Waals surface area contributed by atoms with Gasteiger partial charge in [-0.3, -0.25) is 4.90 Å². The van der Waals surface area contributed by atoms with Gasteiger partial charge in [0, 0.05) is 31.9 Å². The van der Waals surface area contributed by atoms with E-state index in [4.69, 9.17) is 0 Å². The molecule has 2 nitrogen and oxygen atoms in total. The fourth-order valence-electron chi connectivity index (χ4n) is 2.57. The molecule has 0 saturated carbocycles. The molecular formula is C16H26N2. The molecular weight excluding hydrogens is 220 g/mol. The summed E-state index contributed by atoms with van der Waals surface area (Å²) in [6.45, 7) is 12.8. The lowest BCUT2D eigenvalue weighted by atomic mass is 10.1. The van der Waals surface area contributed by atoms with Crippen molar-refractivity contribution in [3.8, 4) is 0 Å². The van der Waals surface area contributed by atoms with Crippen molar-refractivity contribution < 1.29 is 0 Å². The molecule has 0 unspecified atom stereocenters. The monoisotopic (exact) mass is 246 g/mol. The SMILES string of the molecule is Cc1ccccc1N1CCN(CCC(C)C)CC1. The quantitative estimate of drug-likeness (QED) is 0.805. The first kappa shape index (κ1) is 13.4. The lowest BCUT2D eigenvalue weighted by Gasteiger charge is -2.37. The molecule has 2 heteroatoms. The highest BCUT2D eigenvalue weighted by atomic mass is 15.3. The zero-order valence-electron chi connectivity index (χ0n) is 12.0. The van der Waals surface area contributed by atoms with Gasteiger partial charge in [-0.1, -0.05) is 32.0 Å². The van der Waals surface area contributed by atoms with Gasteiger partial charge in [0.05, 0.1) is 0 Å². The predicted octanol–water partition coefficient (Wildman–Crippen LogP) is 3.16. The number of piperazine rings is 1. The summed E-state index contributed by atoms with van der Waals surface area (Å²) in [4.78, 5) is 5.13. The minimum absolute atomic E-state index is 0.819. The summed E-state index contributed by atoms with van der Waals surface area (Å²) in [5.74, 6) is 0.819.